The molecule has 0 bridgehead atoms. The predicted molar refractivity (Wildman–Crippen MR) is 63.6 cm³/mol. The van der Waals surface area contributed by atoms with Crippen molar-refractivity contribution >= 4 is 17.6 Å². The first-order valence-electron chi connectivity index (χ1n) is 5.24. The van der Waals surface area contributed by atoms with Gasteiger partial charge in [-0.2, -0.15) is 0 Å². The van der Waals surface area contributed by atoms with E-state index in [0.717, 1.165) is 12.0 Å². The topological polar surface area (TPSA) is 46.5 Å². The van der Waals surface area contributed by atoms with Gasteiger partial charge in [0.05, 0.1) is 12.2 Å². The van der Waals surface area contributed by atoms with Gasteiger partial charge < -0.3 is 9.84 Å². The van der Waals surface area contributed by atoms with Crippen LogP contribution in [0.5, 0.6) is 5.75 Å². The number of aromatic carboxylic acids is 1. The number of ether oxygens (including phenoxy) is 1. The highest BCUT2D eigenvalue weighted by Crippen LogP contribution is 2.19. The molecule has 0 aliphatic rings. The quantitative estimate of drug-likeness (QED) is 0.616. The number of carbonyl (C=O) groups is 1. The van der Waals surface area contributed by atoms with Crippen molar-refractivity contribution in [3.8, 4) is 5.75 Å². The fraction of sp³-hybridized carbons (Fsp3) is 0.417. The zero-order chi connectivity index (χ0) is 12.0. The number of carboxylic acids is 1. The van der Waals surface area contributed by atoms with Gasteiger partial charge in [-0.05, 0) is 36.6 Å². The first kappa shape index (κ1) is 12.8. The van der Waals surface area contributed by atoms with Crippen LogP contribution in [-0.4, -0.2) is 23.6 Å². The van der Waals surface area contributed by atoms with Crippen molar-refractivity contribution in [2.24, 2.45) is 0 Å². The molecule has 1 N–H and O–H groups in total. The lowest BCUT2D eigenvalue weighted by molar-refractivity contribution is 0.0695. The highest BCUT2D eigenvalue weighted by atomic mass is 35.5. The molecule has 16 heavy (non-hydrogen) atoms. The lowest BCUT2D eigenvalue weighted by Gasteiger charge is -2.08. The zero-order valence-corrected chi connectivity index (χ0v) is 9.96. The van der Waals surface area contributed by atoms with E-state index in [2.05, 4.69) is 0 Å². The minimum Gasteiger partial charge on any atom is -0.494 e. The molecule has 0 aliphatic heterocycles. The molecular formula is C12H15ClO3. The third-order valence-electron chi connectivity index (χ3n) is 2.23. The number of hydrogen-bond donors (Lipinski definition) is 1. The van der Waals surface area contributed by atoms with E-state index in [1.54, 1.807) is 18.2 Å². The Morgan fingerprint density at radius 2 is 2.25 bits per heavy atom. The summed E-state index contributed by atoms with van der Waals surface area (Å²) in [7, 11) is 0. The van der Waals surface area contributed by atoms with Crippen LogP contribution in [0.2, 0.25) is 0 Å². The lowest BCUT2D eigenvalue weighted by Crippen LogP contribution is -2.03. The van der Waals surface area contributed by atoms with Gasteiger partial charge in [-0.3, -0.25) is 0 Å². The molecule has 0 saturated carbocycles. The summed E-state index contributed by atoms with van der Waals surface area (Å²) in [6.45, 7) is 2.48. The van der Waals surface area contributed by atoms with E-state index in [0.29, 0.717) is 30.2 Å². The molecule has 0 saturated heterocycles. The zero-order valence-electron chi connectivity index (χ0n) is 9.20. The van der Waals surface area contributed by atoms with Gasteiger partial charge in [0.25, 0.3) is 0 Å². The first-order chi connectivity index (χ1) is 7.69. The molecule has 0 atom stereocenters. The molecule has 0 fully saturated rings. The molecule has 0 amide bonds. The molecule has 1 aromatic rings. The molecule has 1 aromatic carbocycles. The van der Waals surface area contributed by atoms with Gasteiger partial charge in [-0.15, -0.1) is 11.6 Å². The van der Waals surface area contributed by atoms with Gasteiger partial charge in [-0.1, -0.05) is 6.92 Å². The van der Waals surface area contributed by atoms with Crippen molar-refractivity contribution in [1.29, 1.82) is 0 Å². The SMILES string of the molecule is CCc1cc(OCCCCl)ccc1C(=O)O. The lowest BCUT2D eigenvalue weighted by atomic mass is 10.1. The standard InChI is InChI=1S/C12H15ClO3/c1-2-9-8-10(16-7-3-6-13)4-5-11(9)12(14)15/h4-5,8H,2-3,6-7H2,1H3,(H,14,15). The molecule has 0 heterocycles. The maximum absolute atomic E-state index is 10.9. The average Bonchev–Trinajstić information content (AvgIpc) is 2.29. The van der Waals surface area contributed by atoms with E-state index in [1.165, 1.54) is 0 Å². The Hall–Kier alpha value is -1.22. The molecule has 0 spiro atoms. The third-order valence-corrected chi connectivity index (χ3v) is 2.50. The van der Waals surface area contributed by atoms with Crippen molar-refractivity contribution in [3.63, 3.8) is 0 Å². The van der Waals surface area contributed by atoms with Crippen LogP contribution in [0.15, 0.2) is 18.2 Å². The largest absolute Gasteiger partial charge is 0.494 e. The third kappa shape index (κ3) is 3.42. The summed E-state index contributed by atoms with van der Waals surface area (Å²) < 4.78 is 5.45. The van der Waals surface area contributed by atoms with E-state index in [9.17, 15) is 4.79 Å². The van der Waals surface area contributed by atoms with E-state index in [1.807, 2.05) is 6.92 Å². The summed E-state index contributed by atoms with van der Waals surface area (Å²) in [5.41, 5.74) is 1.13. The summed E-state index contributed by atoms with van der Waals surface area (Å²) in [4.78, 5) is 10.9. The number of alkyl halides is 1. The Kier molecular flexibility index (Phi) is 5.12. The van der Waals surface area contributed by atoms with Gasteiger partial charge in [0, 0.05) is 5.88 Å². The van der Waals surface area contributed by atoms with Crippen LogP contribution in [0, 0.1) is 0 Å². The van der Waals surface area contributed by atoms with E-state index in [4.69, 9.17) is 21.4 Å². The first-order valence-corrected chi connectivity index (χ1v) is 5.77. The fourth-order valence-electron chi connectivity index (χ4n) is 1.41. The molecule has 0 radical (unpaired) electrons. The van der Waals surface area contributed by atoms with Crippen molar-refractivity contribution in [1.82, 2.24) is 0 Å². The monoisotopic (exact) mass is 242 g/mol. The number of halogens is 1. The molecular weight excluding hydrogens is 228 g/mol. The summed E-state index contributed by atoms with van der Waals surface area (Å²) in [6.07, 6.45) is 1.46. The highest BCUT2D eigenvalue weighted by molar-refractivity contribution is 6.17. The smallest absolute Gasteiger partial charge is 0.335 e. The molecule has 0 aromatic heterocycles. The normalized spacial score (nSPS) is 10.1. The molecule has 4 heteroatoms. The fourth-order valence-corrected chi connectivity index (χ4v) is 1.51. The number of benzene rings is 1. The van der Waals surface area contributed by atoms with Gasteiger partial charge in [0.15, 0.2) is 0 Å². The molecule has 0 aliphatic carbocycles. The second-order valence-corrected chi connectivity index (χ2v) is 3.75. The van der Waals surface area contributed by atoms with E-state index < -0.39 is 5.97 Å². The molecule has 3 nitrogen and oxygen atoms in total. The highest BCUT2D eigenvalue weighted by Gasteiger charge is 2.09. The average molecular weight is 243 g/mol. The minimum absolute atomic E-state index is 0.340. The van der Waals surface area contributed by atoms with Crippen LogP contribution in [0.4, 0.5) is 0 Å². The van der Waals surface area contributed by atoms with E-state index in [-0.39, 0.29) is 0 Å². The van der Waals surface area contributed by atoms with Gasteiger partial charge in [-0.25, -0.2) is 4.79 Å². The Bertz CT molecular complexity index is 363. The molecule has 1 rings (SSSR count). The second kappa shape index (κ2) is 6.38. The van der Waals surface area contributed by atoms with Crippen molar-refractivity contribution in [3.05, 3.63) is 29.3 Å². The number of aryl methyl sites for hydroxylation is 1. The van der Waals surface area contributed by atoms with Crippen LogP contribution < -0.4 is 4.74 Å². The second-order valence-electron chi connectivity index (χ2n) is 3.37. The van der Waals surface area contributed by atoms with Crippen LogP contribution >= 0.6 is 11.6 Å². The molecule has 88 valence electrons. The summed E-state index contributed by atoms with van der Waals surface area (Å²) in [5.74, 6) is 0.365. The van der Waals surface area contributed by atoms with Crippen LogP contribution in [0.1, 0.15) is 29.3 Å². The Morgan fingerprint density at radius 3 is 2.81 bits per heavy atom. The predicted octanol–water partition coefficient (Wildman–Crippen LogP) is 2.95. The summed E-state index contributed by atoms with van der Waals surface area (Å²) >= 11 is 5.54. The van der Waals surface area contributed by atoms with Crippen LogP contribution in [0.3, 0.4) is 0 Å². The van der Waals surface area contributed by atoms with E-state index >= 15 is 0 Å². The summed E-state index contributed by atoms with van der Waals surface area (Å²) in [6, 6.07) is 5.03. The van der Waals surface area contributed by atoms with Gasteiger partial charge in [0.1, 0.15) is 5.75 Å². The molecule has 0 unspecified atom stereocenters. The maximum Gasteiger partial charge on any atom is 0.335 e. The Labute approximate surface area is 100.0 Å². The van der Waals surface area contributed by atoms with Crippen LogP contribution in [-0.2, 0) is 6.42 Å². The van der Waals surface area contributed by atoms with Crippen LogP contribution in [0.25, 0.3) is 0 Å². The number of hydrogen-bond acceptors (Lipinski definition) is 2. The summed E-state index contributed by atoms with van der Waals surface area (Å²) in [5, 5.41) is 8.94. The Morgan fingerprint density at radius 1 is 1.50 bits per heavy atom. The van der Waals surface area contributed by atoms with Gasteiger partial charge in [0.2, 0.25) is 0 Å². The van der Waals surface area contributed by atoms with Gasteiger partial charge >= 0.3 is 5.97 Å². The maximum atomic E-state index is 10.9. The Balaban J connectivity index is 2.78. The minimum atomic E-state index is -0.899. The van der Waals surface area contributed by atoms with Crippen molar-refractivity contribution in [2.45, 2.75) is 19.8 Å². The number of rotatable bonds is 6. The van der Waals surface area contributed by atoms with Crippen molar-refractivity contribution in [2.75, 3.05) is 12.5 Å². The number of carboxylic acid groups (broad SMARTS) is 1. The van der Waals surface area contributed by atoms with Crippen molar-refractivity contribution < 1.29 is 14.6 Å².